The molecule has 1 saturated heterocycles. The van der Waals surface area contributed by atoms with Gasteiger partial charge in [-0.3, -0.25) is 9.59 Å². The number of carbonyl (C=O) groups excluding carboxylic acids is 2. The van der Waals surface area contributed by atoms with Gasteiger partial charge in [-0.2, -0.15) is 0 Å². The van der Waals surface area contributed by atoms with Gasteiger partial charge in [-0.25, -0.2) is 0 Å². The normalized spacial score (nSPS) is 17.4. The maximum atomic E-state index is 12.3. The van der Waals surface area contributed by atoms with E-state index in [9.17, 15) is 9.59 Å². The molecule has 1 fully saturated rings. The first-order valence-electron chi connectivity index (χ1n) is 6.82. The fourth-order valence-corrected chi connectivity index (χ4v) is 3.11. The van der Waals surface area contributed by atoms with Gasteiger partial charge in [0.05, 0.1) is 19.6 Å². The van der Waals surface area contributed by atoms with E-state index in [2.05, 4.69) is 10.6 Å². The van der Waals surface area contributed by atoms with Gasteiger partial charge in [0, 0.05) is 10.8 Å². The fraction of sp³-hybridized carbons (Fsp3) is 0.571. The Morgan fingerprint density at radius 1 is 1.50 bits per heavy atom. The highest BCUT2D eigenvalue weighted by Crippen LogP contribution is 2.24. The van der Waals surface area contributed by atoms with E-state index in [-0.39, 0.29) is 30.3 Å². The number of ether oxygens (including phenoxy) is 1. The van der Waals surface area contributed by atoms with Gasteiger partial charge >= 0.3 is 5.97 Å². The van der Waals surface area contributed by atoms with Gasteiger partial charge in [0.15, 0.2) is 0 Å². The summed E-state index contributed by atoms with van der Waals surface area (Å²) in [7, 11) is 1.36. The number of hydrogen-bond donors (Lipinski definition) is 2. The summed E-state index contributed by atoms with van der Waals surface area (Å²) < 4.78 is 4.71. The summed E-state index contributed by atoms with van der Waals surface area (Å²) in [5, 5.41) is 8.18. The Balaban J connectivity index is 1.99. The standard InChI is InChI=1S/C14H20N2O3S/c1-19-13(17)9-11(12-3-2-8-20-12)16-14(18)10-4-6-15-7-5-10/h2-3,8,10-11,15H,4-7,9H2,1H3,(H,16,18). The van der Waals surface area contributed by atoms with Crippen LogP contribution in [0.1, 0.15) is 30.2 Å². The molecule has 5 nitrogen and oxygen atoms in total. The van der Waals surface area contributed by atoms with Crippen LogP contribution in [0.4, 0.5) is 0 Å². The molecule has 1 unspecified atom stereocenters. The summed E-state index contributed by atoms with van der Waals surface area (Å²) in [6.45, 7) is 1.75. The van der Waals surface area contributed by atoms with Crippen molar-refractivity contribution in [3.05, 3.63) is 22.4 Å². The van der Waals surface area contributed by atoms with Crippen LogP contribution in [-0.4, -0.2) is 32.1 Å². The van der Waals surface area contributed by atoms with Crippen LogP contribution in [0.25, 0.3) is 0 Å². The zero-order chi connectivity index (χ0) is 14.4. The van der Waals surface area contributed by atoms with Gasteiger partial charge in [-0.1, -0.05) is 6.07 Å². The fourth-order valence-electron chi connectivity index (χ4n) is 2.34. The monoisotopic (exact) mass is 296 g/mol. The largest absolute Gasteiger partial charge is 0.469 e. The predicted molar refractivity (Wildman–Crippen MR) is 77.4 cm³/mol. The third-order valence-electron chi connectivity index (χ3n) is 3.51. The molecule has 2 rings (SSSR count). The highest BCUT2D eigenvalue weighted by Gasteiger charge is 2.25. The number of methoxy groups -OCH3 is 1. The van der Waals surface area contributed by atoms with Gasteiger partial charge in [-0.15, -0.1) is 11.3 Å². The Hall–Kier alpha value is -1.40. The maximum absolute atomic E-state index is 12.3. The summed E-state index contributed by atoms with van der Waals surface area (Å²) in [5.41, 5.74) is 0. The minimum atomic E-state index is -0.311. The Bertz CT molecular complexity index is 441. The molecule has 1 atom stereocenters. The second-order valence-corrected chi connectivity index (χ2v) is 5.86. The molecule has 1 aliphatic rings. The SMILES string of the molecule is COC(=O)CC(NC(=O)C1CCNCC1)c1cccs1. The Kier molecular flexibility index (Phi) is 5.55. The summed E-state index contributed by atoms with van der Waals surface area (Å²) in [5.74, 6) is -0.237. The Morgan fingerprint density at radius 2 is 2.25 bits per heavy atom. The van der Waals surface area contributed by atoms with Crippen molar-refractivity contribution in [2.24, 2.45) is 5.92 Å². The van der Waals surface area contributed by atoms with E-state index < -0.39 is 0 Å². The second-order valence-electron chi connectivity index (χ2n) is 4.88. The Morgan fingerprint density at radius 3 is 2.85 bits per heavy atom. The van der Waals surface area contributed by atoms with Gasteiger partial charge in [0.1, 0.15) is 0 Å². The second kappa shape index (κ2) is 7.40. The van der Waals surface area contributed by atoms with Crippen molar-refractivity contribution < 1.29 is 14.3 Å². The number of rotatable bonds is 5. The molecule has 2 heterocycles. The van der Waals surface area contributed by atoms with E-state index in [1.54, 1.807) is 0 Å². The average molecular weight is 296 g/mol. The van der Waals surface area contributed by atoms with Crippen molar-refractivity contribution in [3.63, 3.8) is 0 Å². The highest BCUT2D eigenvalue weighted by atomic mass is 32.1. The van der Waals surface area contributed by atoms with Gasteiger partial charge in [0.25, 0.3) is 0 Å². The molecule has 0 aromatic carbocycles. The van der Waals surface area contributed by atoms with Crippen molar-refractivity contribution in [2.45, 2.75) is 25.3 Å². The van der Waals surface area contributed by atoms with Crippen molar-refractivity contribution >= 4 is 23.2 Å². The van der Waals surface area contributed by atoms with Gasteiger partial charge < -0.3 is 15.4 Å². The molecule has 6 heteroatoms. The number of nitrogens with one attached hydrogen (secondary N) is 2. The molecule has 0 spiro atoms. The molecule has 1 aromatic rings. The molecule has 1 aromatic heterocycles. The third kappa shape index (κ3) is 4.05. The van der Waals surface area contributed by atoms with Crippen molar-refractivity contribution in [3.8, 4) is 0 Å². The summed E-state index contributed by atoms with van der Waals surface area (Å²) >= 11 is 1.54. The molecule has 20 heavy (non-hydrogen) atoms. The number of carbonyl (C=O) groups is 2. The van der Waals surface area contributed by atoms with Crippen LogP contribution in [0.3, 0.4) is 0 Å². The lowest BCUT2D eigenvalue weighted by molar-refractivity contribution is -0.141. The zero-order valence-electron chi connectivity index (χ0n) is 11.6. The van der Waals surface area contributed by atoms with E-state index in [0.717, 1.165) is 30.8 Å². The van der Waals surface area contributed by atoms with E-state index in [1.807, 2.05) is 17.5 Å². The molecule has 2 N–H and O–H groups in total. The molecule has 0 bridgehead atoms. The summed E-state index contributed by atoms with van der Waals surface area (Å²) in [4.78, 5) is 24.8. The van der Waals surface area contributed by atoms with E-state index in [1.165, 1.54) is 18.4 Å². The predicted octanol–water partition coefficient (Wildman–Crippen LogP) is 1.47. The van der Waals surface area contributed by atoms with Crippen LogP contribution in [-0.2, 0) is 14.3 Å². The van der Waals surface area contributed by atoms with Crippen LogP contribution < -0.4 is 10.6 Å². The number of amides is 1. The minimum absolute atomic E-state index is 0.0359. The molecule has 110 valence electrons. The number of esters is 1. The van der Waals surface area contributed by atoms with Crippen LogP contribution in [0.15, 0.2) is 17.5 Å². The van der Waals surface area contributed by atoms with E-state index in [0.29, 0.717) is 0 Å². The van der Waals surface area contributed by atoms with Crippen LogP contribution in [0.5, 0.6) is 0 Å². The molecule has 1 amide bonds. The summed E-state index contributed by atoms with van der Waals surface area (Å²) in [6.07, 6.45) is 1.87. The average Bonchev–Trinajstić information content (AvgIpc) is 3.01. The van der Waals surface area contributed by atoms with Gasteiger partial charge in [-0.05, 0) is 37.4 Å². The molecular weight excluding hydrogens is 276 g/mol. The first-order valence-corrected chi connectivity index (χ1v) is 7.70. The number of hydrogen-bond acceptors (Lipinski definition) is 5. The van der Waals surface area contributed by atoms with Crippen molar-refractivity contribution in [1.82, 2.24) is 10.6 Å². The first kappa shape index (κ1) is 15.0. The Labute approximate surface area is 122 Å². The molecule has 1 aliphatic heterocycles. The van der Waals surface area contributed by atoms with Crippen molar-refractivity contribution in [1.29, 1.82) is 0 Å². The maximum Gasteiger partial charge on any atom is 0.307 e. The number of piperidine rings is 1. The lowest BCUT2D eigenvalue weighted by atomic mass is 9.96. The smallest absolute Gasteiger partial charge is 0.307 e. The first-order chi connectivity index (χ1) is 9.70. The van der Waals surface area contributed by atoms with Crippen molar-refractivity contribution in [2.75, 3.05) is 20.2 Å². The molecule has 0 saturated carbocycles. The van der Waals surface area contributed by atoms with Crippen LogP contribution in [0.2, 0.25) is 0 Å². The van der Waals surface area contributed by atoms with E-state index >= 15 is 0 Å². The van der Waals surface area contributed by atoms with Crippen LogP contribution >= 0.6 is 11.3 Å². The minimum Gasteiger partial charge on any atom is -0.469 e. The third-order valence-corrected chi connectivity index (χ3v) is 4.50. The lowest BCUT2D eigenvalue weighted by Crippen LogP contribution is -2.40. The lowest BCUT2D eigenvalue weighted by Gasteiger charge is -2.24. The topological polar surface area (TPSA) is 67.4 Å². The summed E-state index contributed by atoms with van der Waals surface area (Å²) in [6, 6.07) is 3.56. The van der Waals surface area contributed by atoms with Crippen LogP contribution in [0, 0.1) is 5.92 Å². The quantitative estimate of drug-likeness (QED) is 0.808. The highest BCUT2D eigenvalue weighted by molar-refractivity contribution is 7.10. The van der Waals surface area contributed by atoms with E-state index in [4.69, 9.17) is 4.74 Å². The number of thiophene rings is 1. The molecule has 0 radical (unpaired) electrons. The van der Waals surface area contributed by atoms with Gasteiger partial charge in [0.2, 0.25) is 5.91 Å². The molecule has 0 aliphatic carbocycles. The molecular formula is C14H20N2O3S. The zero-order valence-corrected chi connectivity index (χ0v) is 12.4.